The monoisotopic (exact) mass is 347 g/mol. The van der Waals surface area contributed by atoms with Gasteiger partial charge in [0.1, 0.15) is 5.75 Å². The first-order valence-electron chi connectivity index (χ1n) is 8.33. The quantitative estimate of drug-likeness (QED) is 0.465. The van der Waals surface area contributed by atoms with Crippen molar-refractivity contribution in [2.45, 2.75) is 20.4 Å². The number of hydrogen-bond donors (Lipinski definition) is 3. The molecular weight excluding hydrogens is 326 g/mol. The number of aromatic hydroxyl groups is 1. The molecule has 0 aliphatic carbocycles. The summed E-state index contributed by atoms with van der Waals surface area (Å²) in [6.45, 7) is 4.46. The predicted molar refractivity (Wildman–Crippen MR) is 104 cm³/mol. The summed E-state index contributed by atoms with van der Waals surface area (Å²) in [5.41, 5.74) is 6.69. The number of nitrogens with zero attached hydrogens (tertiary/aromatic N) is 3. The molecule has 0 aliphatic rings. The average molecular weight is 347 g/mol. The molecule has 132 valence electrons. The number of phenolic OH excluding ortho intramolecular Hbond substituents is 1. The van der Waals surface area contributed by atoms with Gasteiger partial charge in [-0.2, -0.15) is 10.1 Å². The average Bonchev–Trinajstić information content (AvgIpc) is 2.65. The van der Waals surface area contributed by atoms with Gasteiger partial charge in [0.15, 0.2) is 5.82 Å². The molecular formula is C20H21N5O. The summed E-state index contributed by atoms with van der Waals surface area (Å²) in [6.07, 6.45) is 0. The van der Waals surface area contributed by atoms with Gasteiger partial charge in [-0.25, -0.2) is 4.98 Å². The van der Waals surface area contributed by atoms with Crippen molar-refractivity contribution in [1.82, 2.24) is 9.97 Å². The van der Waals surface area contributed by atoms with E-state index in [2.05, 4.69) is 25.8 Å². The molecule has 1 aromatic heterocycles. The molecule has 3 N–H and O–H groups in total. The van der Waals surface area contributed by atoms with Crippen LogP contribution in [0.4, 0.5) is 11.8 Å². The maximum absolute atomic E-state index is 9.36. The second-order valence-corrected chi connectivity index (χ2v) is 5.91. The third-order valence-electron chi connectivity index (χ3n) is 3.77. The van der Waals surface area contributed by atoms with E-state index in [1.54, 1.807) is 12.1 Å². The molecule has 0 amide bonds. The van der Waals surface area contributed by atoms with E-state index >= 15 is 0 Å². The van der Waals surface area contributed by atoms with Crippen LogP contribution >= 0.6 is 0 Å². The number of phenols is 1. The maximum Gasteiger partial charge on any atom is 0.225 e. The number of aryl methyl sites for hydroxylation is 1. The highest BCUT2D eigenvalue weighted by Crippen LogP contribution is 2.13. The van der Waals surface area contributed by atoms with Crippen molar-refractivity contribution in [3.63, 3.8) is 0 Å². The normalized spacial score (nSPS) is 11.2. The van der Waals surface area contributed by atoms with Gasteiger partial charge in [-0.15, -0.1) is 0 Å². The minimum atomic E-state index is 0.232. The Labute approximate surface area is 152 Å². The Balaban J connectivity index is 1.69. The van der Waals surface area contributed by atoms with E-state index in [-0.39, 0.29) is 5.75 Å². The van der Waals surface area contributed by atoms with Gasteiger partial charge in [0, 0.05) is 18.3 Å². The largest absolute Gasteiger partial charge is 0.508 e. The van der Waals surface area contributed by atoms with Crippen molar-refractivity contribution in [1.29, 1.82) is 0 Å². The molecule has 2 aromatic carbocycles. The highest BCUT2D eigenvalue weighted by Gasteiger charge is 2.03. The number of aromatic nitrogens is 2. The molecule has 0 radical (unpaired) electrons. The van der Waals surface area contributed by atoms with E-state index in [0.717, 1.165) is 22.5 Å². The van der Waals surface area contributed by atoms with Crippen molar-refractivity contribution < 1.29 is 5.11 Å². The lowest BCUT2D eigenvalue weighted by Gasteiger charge is -2.08. The van der Waals surface area contributed by atoms with Gasteiger partial charge in [0.25, 0.3) is 0 Å². The molecule has 0 spiro atoms. The van der Waals surface area contributed by atoms with Crippen LogP contribution in [0.5, 0.6) is 5.75 Å². The molecule has 3 aromatic rings. The highest BCUT2D eigenvalue weighted by atomic mass is 16.3. The molecule has 26 heavy (non-hydrogen) atoms. The van der Waals surface area contributed by atoms with Crippen LogP contribution in [0.1, 0.15) is 23.7 Å². The van der Waals surface area contributed by atoms with Crippen LogP contribution in [-0.4, -0.2) is 20.8 Å². The van der Waals surface area contributed by atoms with Gasteiger partial charge in [-0.3, -0.25) is 5.43 Å². The van der Waals surface area contributed by atoms with Crippen molar-refractivity contribution in [3.8, 4) is 5.75 Å². The fourth-order valence-electron chi connectivity index (χ4n) is 2.39. The van der Waals surface area contributed by atoms with E-state index in [9.17, 15) is 5.11 Å². The number of nitrogens with one attached hydrogen (secondary N) is 2. The van der Waals surface area contributed by atoms with Crippen LogP contribution in [0.15, 0.2) is 65.8 Å². The maximum atomic E-state index is 9.36. The first-order chi connectivity index (χ1) is 12.6. The molecule has 0 unspecified atom stereocenters. The summed E-state index contributed by atoms with van der Waals surface area (Å²) in [6, 6.07) is 18.8. The SMILES string of the molecule is C/C(=N/Nc1cc(C)nc(NCc2ccccc2)n1)c1ccc(O)cc1. The van der Waals surface area contributed by atoms with Gasteiger partial charge in [-0.1, -0.05) is 30.3 Å². The van der Waals surface area contributed by atoms with Crippen LogP contribution in [0.25, 0.3) is 0 Å². The number of rotatable bonds is 6. The second-order valence-electron chi connectivity index (χ2n) is 5.91. The van der Waals surface area contributed by atoms with Gasteiger partial charge in [-0.05, 0) is 49.2 Å². The summed E-state index contributed by atoms with van der Waals surface area (Å²) in [5, 5.41) is 17.0. The topological polar surface area (TPSA) is 82.4 Å². The van der Waals surface area contributed by atoms with Crippen LogP contribution in [0, 0.1) is 6.92 Å². The molecule has 6 nitrogen and oxygen atoms in total. The molecule has 0 bridgehead atoms. The lowest BCUT2D eigenvalue weighted by Crippen LogP contribution is -2.07. The van der Waals surface area contributed by atoms with E-state index in [1.165, 1.54) is 0 Å². The lowest BCUT2D eigenvalue weighted by atomic mass is 10.1. The molecule has 3 rings (SSSR count). The molecule has 0 fully saturated rings. The second kappa shape index (κ2) is 8.11. The third kappa shape index (κ3) is 4.80. The van der Waals surface area contributed by atoms with Gasteiger partial charge in [0.2, 0.25) is 5.95 Å². The van der Waals surface area contributed by atoms with Gasteiger partial charge < -0.3 is 10.4 Å². The molecule has 0 saturated carbocycles. The Kier molecular flexibility index (Phi) is 5.43. The smallest absolute Gasteiger partial charge is 0.225 e. The van der Waals surface area contributed by atoms with Crippen LogP contribution in [0.3, 0.4) is 0 Å². The molecule has 0 atom stereocenters. The fourth-order valence-corrected chi connectivity index (χ4v) is 2.39. The minimum Gasteiger partial charge on any atom is -0.508 e. The summed E-state index contributed by atoms with van der Waals surface area (Å²) in [4.78, 5) is 8.85. The van der Waals surface area contributed by atoms with Crippen molar-refractivity contribution >= 4 is 17.5 Å². The standard InChI is InChI=1S/C20H21N5O/c1-14-12-19(25-24-15(2)17-8-10-18(26)11-9-17)23-20(22-14)21-13-16-6-4-3-5-7-16/h3-12,26H,13H2,1-2H3,(H2,21,22,23,25)/b24-15-. The summed E-state index contributed by atoms with van der Waals surface area (Å²) in [7, 11) is 0. The van der Waals surface area contributed by atoms with E-state index in [0.29, 0.717) is 18.3 Å². The highest BCUT2D eigenvalue weighted by molar-refractivity contribution is 5.99. The Morgan fingerprint density at radius 1 is 1.04 bits per heavy atom. The number of benzene rings is 2. The predicted octanol–water partition coefficient (Wildman–Crippen LogP) is 3.94. The van der Waals surface area contributed by atoms with Crippen LogP contribution in [-0.2, 0) is 6.54 Å². The van der Waals surface area contributed by atoms with Crippen molar-refractivity contribution in [3.05, 3.63) is 77.5 Å². The number of hydrogen-bond acceptors (Lipinski definition) is 6. The number of hydrazone groups is 1. The van der Waals surface area contributed by atoms with Crippen LogP contribution in [0.2, 0.25) is 0 Å². The van der Waals surface area contributed by atoms with E-state index < -0.39 is 0 Å². The third-order valence-corrected chi connectivity index (χ3v) is 3.77. The lowest BCUT2D eigenvalue weighted by molar-refractivity contribution is 0.475. The zero-order valence-electron chi connectivity index (χ0n) is 14.8. The first kappa shape index (κ1) is 17.4. The molecule has 0 aliphatic heterocycles. The number of anilines is 2. The summed E-state index contributed by atoms with van der Waals surface area (Å²) < 4.78 is 0. The Bertz CT molecular complexity index is 892. The Morgan fingerprint density at radius 3 is 2.50 bits per heavy atom. The Hall–Kier alpha value is -3.41. The molecule has 0 saturated heterocycles. The minimum absolute atomic E-state index is 0.232. The Morgan fingerprint density at radius 2 is 1.77 bits per heavy atom. The van der Waals surface area contributed by atoms with Crippen LogP contribution < -0.4 is 10.7 Å². The zero-order valence-corrected chi connectivity index (χ0v) is 14.8. The zero-order chi connectivity index (χ0) is 18.4. The van der Waals surface area contributed by atoms with E-state index in [1.807, 2.05) is 62.4 Å². The van der Waals surface area contributed by atoms with Crippen molar-refractivity contribution in [2.75, 3.05) is 10.7 Å². The molecule has 6 heteroatoms. The molecule has 1 heterocycles. The van der Waals surface area contributed by atoms with Gasteiger partial charge >= 0.3 is 0 Å². The summed E-state index contributed by atoms with van der Waals surface area (Å²) in [5.74, 6) is 1.40. The first-order valence-corrected chi connectivity index (χ1v) is 8.33. The fraction of sp³-hybridized carbons (Fsp3) is 0.150. The van der Waals surface area contributed by atoms with Gasteiger partial charge in [0.05, 0.1) is 5.71 Å². The summed E-state index contributed by atoms with van der Waals surface area (Å²) >= 11 is 0. The van der Waals surface area contributed by atoms with E-state index in [4.69, 9.17) is 0 Å². The van der Waals surface area contributed by atoms with Crippen molar-refractivity contribution in [2.24, 2.45) is 5.10 Å².